The van der Waals surface area contributed by atoms with E-state index >= 15 is 0 Å². The highest BCUT2D eigenvalue weighted by molar-refractivity contribution is 5.78. The topological polar surface area (TPSA) is 73.2 Å². The molecule has 0 radical (unpaired) electrons. The molecule has 5 heteroatoms. The van der Waals surface area contributed by atoms with E-state index in [2.05, 4.69) is 0 Å². The fourth-order valence-corrected chi connectivity index (χ4v) is 3.73. The van der Waals surface area contributed by atoms with Crippen LogP contribution in [0.2, 0.25) is 0 Å². The molecule has 168 valence electrons. The van der Waals surface area contributed by atoms with Gasteiger partial charge in [0.05, 0.1) is 0 Å². The second kappa shape index (κ2) is 8.79. The van der Waals surface area contributed by atoms with Crippen LogP contribution >= 0.6 is 0 Å². The molecule has 0 aliphatic rings. The molecule has 3 N–H and O–H groups in total. The lowest BCUT2D eigenvalue weighted by molar-refractivity contribution is 0.450. The molecule has 0 fully saturated rings. The first-order valence-electron chi connectivity index (χ1n) is 10.7. The molecular weight excluding hydrogens is 414 g/mol. The van der Waals surface area contributed by atoms with E-state index in [0.29, 0.717) is 11.5 Å². The van der Waals surface area contributed by atoms with Crippen LogP contribution in [-0.4, -0.2) is 15.3 Å². The molecule has 0 saturated carbocycles. The molecule has 0 bridgehead atoms. The van der Waals surface area contributed by atoms with Crippen LogP contribution in [0, 0.1) is 27.7 Å². The maximum Gasteiger partial charge on any atom is 0.134 e. The molecule has 0 unspecified atom stereocenters. The Labute approximate surface area is 193 Å². The van der Waals surface area contributed by atoms with Crippen LogP contribution in [0.25, 0.3) is 0 Å². The van der Waals surface area contributed by atoms with E-state index in [1.54, 1.807) is 18.2 Å². The van der Waals surface area contributed by atoms with Crippen LogP contribution in [0.5, 0.6) is 28.7 Å². The Morgan fingerprint density at radius 1 is 0.515 bits per heavy atom. The van der Waals surface area contributed by atoms with Crippen LogP contribution in [-0.2, 0) is 0 Å². The number of phenolic OH excluding ortho intramolecular Hbond substituents is 3. The molecule has 33 heavy (non-hydrogen) atoms. The number of anilines is 3. The van der Waals surface area contributed by atoms with Gasteiger partial charge in [0.1, 0.15) is 28.7 Å². The third-order valence-corrected chi connectivity index (χ3v) is 5.69. The summed E-state index contributed by atoms with van der Waals surface area (Å²) in [7, 11) is 0. The summed E-state index contributed by atoms with van der Waals surface area (Å²) in [6.07, 6.45) is 0. The smallest absolute Gasteiger partial charge is 0.134 e. The van der Waals surface area contributed by atoms with Gasteiger partial charge in [-0.05, 0) is 117 Å². The first kappa shape index (κ1) is 22.1. The first-order chi connectivity index (χ1) is 15.7. The lowest BCUT2D eigenvalue weighted by Gasteiger charge is -2.26. The number of ether oxygens (including phenoxy) is 1. The summed E-state index contributed by atoms with van der Waals surface area (Å²) in [5.41, 5.74) is 5.92. The molecule has 0 aromatic heterocycles. The van der Waals surface area contributed by atoms with Gasteiger partial charge in [0.15, 0.2) is 0 Å². The molecular formula is C28H27NO4. The molecule has 0 saturated heterocycles. The van der Waals surface area contributed by atoms with E-state index in [1.165, 1.54) is 0 Å². The Hall–Kier alpha value is -4.12. The summed E-state index contributed by atoms with van der Waals surface area (Å²) in [6, 6.07) is 22.1. The van der Waals surface area contributed by atoms with Crippen LogP contribution in [0.4, 0.5) is 17.1 Å². The highest BCUT2D eigenvalue weighted by Gasteiger charge is 2.15. The van der Waals surface area contributed by atoms with Crippen LogP contribution in [0.15, 0.2) is 72.8 Å². The van der Waals surface area contributed by atoms with Crippen molar-refractivity contribution in [3.05, 3.63) is 95.1 Å². The minimum atomic E-state index is 0.198. The lowest BCUT2D eigenvalue weighted by Crippen LogP contribution is -2.10. The summed E-state index contributed by atoms with van der Waals surface area (Å²) < 4.78 is 6.02. The van der Waals surface area contributed by atoms with Gasteiger partial charge in [0.2, 0.25) is 0 Å². The third-order valence-electron chi connectivity index (χ3n) is 5.69. The van der Waals surface area contributed by atoms with Crippen molar-refractivity contribution in [1.29, 1.82) is 0 Å². The average Bonchev–Trinajstić information content (AvgIpc) is 2.78. The highest BCUT2D eigenvalue weighted by atomic mass is 16.5. The van der Waals surface area contributed by atoms with Gasteiger partial charge in [-0.1, -0.05) is 0 Å². The Kier molecular flexibility index (Phi) is 5.88. The molecule has 4 aromatic carbocycles. The molecule has 4 aromatic rings. The number of aryl methyl sites for hydroxylation is 4. The number of phenols is 3. The van der Waals surface area contributed by atoms with Crippen molar-refractivity contribution < 1.29 is 20.1 Å². The predicted octanol–water partition coefficient (Wildman–Crippen LogP) is 7.30. The predicted molar refractivity (Wildman–Crippen MR) is 132 cm³/mol. The molecule has 0 aliphatic carbocycles. The van der Waals surface area contributed by atoms with Crippen molar-refractivity contribution in [2.75, 3.05) is 4.90 Å². The number of aromatic hydroxyl groups is 3. The van der Waals surface area contributed by atoms with Gasteiger partial charge in [-0.3, -0.25) is 0 Å². The fourth-order valence-electron chi connectivity index (χ4n) is 3.73. The average molecular weight is 442 g/mol. The summed E-state index contributed by atoms with van der Waals surface area (Å²) in [4.78, 5) is 2.05. The van der Waals surface area contributed by atoms with Crippen molar-refractivity contribution in [3.63, 3.8) is 0 Å². The Bertz CT molecular complexity index is 1260. The van der Waals surface area contributed by atoms with E-state index in [0.717, 1.165) is 39.3 Å². The summed E-state index contributed by atoms with van der Waals surface area (Å²) in [5.74, 6) is 1.92. The zero-order valence-corrected chi connectivity index (χ0v) is 19.1. The van der Waals surface area contributed by atoms with Gasteiger partial charge in [0, 0.05) is 23.1 Å². The van der Waals surface area contributed by atoms with Crippen molar-refractivity contribution in [3.8, 4) is 28.7 Å². The lowest BCUT2D eigenvalue weighted by atomic mass is 10.1. The summed E-state index contributed by atoms with van der Waals surface area (Å²) in [5, 5.41) is 30.0. The van der Waals surface area contributed by atoms with E-state index in [9.17, 15) is 15.3 Å². The Morgan fingerprint density at radius 3 is 1.52 bits per heavy atom. The molecule has 0 aliphatic heterocycles. The van der Waals surface area contributed by atoms with Gasteiger partial charge >= 0.3 is 0 Å². The van der Waals surface area contributed by atoms with Gasteiger partial charge in [-0.15, -0.1) is 0 Å². The number of hydrogen-bond acceptors (Lipinski definition) is 5. The first-order valence-corrected chi connectivity index (χ1v) is 10.7. The second-order valence-electron chi connectivity index (χ2n) is 8.28. The minimum Gasteiger partial charge on any atom is -0.508 e. The van der Waals surface area contributed by atoms with Crippen LogP contribution < -0.4 is 9.64 Å². The van der Waals surface area contributed by atoms with Gasteiger partial charge in [0.25, 0.3) is 0 Å². The fraction of sp³-hybridized carbons (Fsp3) is 0.143. The van der Waals surface area contributed by atoms with Gasteiger partial charge in [-0.2, -0.15) is 0 Å². The number of benzene rings is 4. The standard InChI is InChI=1S/C28H27NO4/c1-17-13-20(4)28(16-27(17)32)33-24-9-5-21(6-10-24)29(22-7-11-25(30)18(2)14-22)23-8-12-26(31)19(3)15-23/h5-16,30-32H,1-4H3. The van der Waals surface area contributed by atoms with E-state index in [-0.39, 0.29) is 17.2 Å². The molecule has 4 rings (SSSR count). The molecule has 0 atom stereocenters. The Balaban J connectivity index is 1.72. The van der Waals surface area contributed by atoms with Crippen molar-refractivity contribution in [2.45, 2.75) is 27.7 Å². The zero-order valence-electron chi connectivity index (χ0n) is 19.1. The number of hydrogen-bond donors (Lipinski definition) is 3. The van der Waals surface area contributed by atoms with Gasteiger partial charge < -0.3 is 25.0 Å². The largest absolute Gasteiger partial charge is 0.508 e. The quantitative estimate of drug-likeness (QED) is 0.303. The van der Waals surface area contributed by atoms with E-state index in [1.807, 2.05) is 87.2 Å². The van der Waals surface area contributed by atoms with Crippen LogP contribution in [0.3, 0.4) is 0 Å². The van der Waals surface area contributed by atoms with Crippen molar-refractivity contribution in [2.24, 2.45) is 0 Å². The SMILES string of the molecule is Cc1cc(N(c2ccc(Oc3cc(O)c(C)cc3C)cc2)c2ccc(O)c(C)c2)ccc1O. The van der Waals surface area contributed by atoms with Crippen LogP contribution in [0.1, 0.15) is 22.3 Å². The second-order valence-corrected chi connectivity index (χ2v) is 8.28. The van der Waals surface area contributed by atoms with E-state index < -0.39 is 0 Å². The maximum absolute atomic E-state index is 10.0. The molecule has 0 heterocycles. The number of rotatable bonds is 5. The number of nitrogens with zero attached hydrogens (tertiary/aromatic N) is 1. The normalized spacial score (nSPS) is 10.8. The monoisotopic (exact) mass is 441 g/mol. The minimum absolute atomic E-state index is 0.198. The van der Waals surface area contributed by atoms with Crippen molar-refractivity contribution >= 4 is 17.1 Å². The molecule has 0 spiro atoms. The highest BCUT2D eigenvalue weighted by Crippen LogP contribution is 2.39. The van der Waals surface area contributed by atoms with Crippen molar-refractivity contribution in [1.82, 2.24) is 0 Å². The molecule has 0 amide bonds. The van der Waals surface area contributed by atoms with E-state index in [4.69, 9.17) is 4.74 Å². The zero-order chi connectivity index (χ0) is 23.7. The van der Waals surface area contributed by atoms with Gasteiger partial charge in [-0.25, -0.2) is 0 Å². The third kappa shape index (κ3) is 4.58. The summed E-state index contributed by atoms with van der Waals surface area (Å²) in [6.45, 7) is 7.51. The summed E-state index contributed by atoms with van der Waals surface area (Å²) >= 11 is 0. The maximum atomic E-state index is 10.0. The molecule has 5 nitrogen and oxygen atoms in total. The Morgan fingerprint density at radius 2 is 1.00 bits per heavy atom.